The van der Waals surface area contributed by atoms with Gasteiger partial charge in [0.05, 0.1) is 0 Å². The summed E-state index contributed by atoms with van der Waals surface area (Å²) in [6.07, 6.45) is 0. The molecule has 0 heterocycles. The van der Waals surface area contributed by atoms with Gasteiger partial charge in [0.2, 0.25) is 0 Å². The number of benzene rings is 2. The zero-order valence-corrected chi connectivity index (χ0v) is 10.2. The Labute approximate surface area is 106 Å². The number of rotatable bonds is 0. The minimum atomic E-state index is 0. The summed E-state index contributed by atoms with van der Waals surface area (Å²) < 4.78 is 0. The molecule has 2 heteroatoms. The summed E-state index contributed by atoms with van der Waals surface area (Å²) in [4.78, 5) is 0. The van der Waals surface area contributed by atoms with E-state index in [-0.39, 0.29) is 47.0 Å². The fourth-order valence-corrected chi connectivity index (χ4v) is 1.07. The second-order valence-corrected chi connectivity index (χ2v) is 2.27. The first-order valence-corrected chi connectivity index (χ1v) is 3.32. The molecule has 2 aromatic rings. The molecule has 0 unspecified atom stereocenters. The monoisotopic (exact) mass is 278 g/mol. The predicted octanol–water partition coefficient (Wildman–Crippen LogP) is -0.737. The van der Waals surface area contributed by atoms with Crippen LogP contribution >= 0.6 is 0 Å². The van der Waals surface area contributed by atoms with Crippen molar-refractivity contribution in [3.05, 3.63) is 48.5 Å². The van der Waals surface area contributed by atoms with Crippen molar-refractivity contribution in [2.75, 3.05) is 0 Å². The van der Waals surface area contributed by atoms with Gasteiger partial charge in [-0.3, -0.25) is 0 Å². The molecule has 0 nitrogen and oxygen atoms in total. The molecule has 12 heavy (non-hydrogen) atoms. The Bertz CT molecular complexity index is 281. The Kier molecular flexibility index (Phi) is 5.87. The Hall–Kier alpha value is 0.196. The third-order valence-corrected chi connectivity index (χ3v) is 1.59. The van der Waals surface area contributed by atoms with E-state index in [0.717, 1.165) is 0 Å². The maximum Gasteiger partial charge on any atom is 2.00 e. The van der Waals surface area contributed by atoms with Crippen LogP contribution in [0.1, 0.15) is 0 Å². The minimum Gasteiger partial charge on any atom is -1.00 e. The molecule has 0 radical (unpaired) electrons. The van der Waals surface area contributed by atoms with E-state index in [9.17, 15) is 0 Å². The van der Waals surface area contributed by atoms with E-state index in [1.807, 2.05) is 24.3 Å². The quantitative estimate of drug-likeness (QED) is 0.338. The van der Waals surface area contributed by atoms with E-state index in [0.29, 0.717) is 0 Å². The Morgan fingerprint density at radius 3 is 2.25 bits per heavy atom. The van der Waals surface area contributed by atoms with Gasteiger partial charge in [0.25, 0.3) is 0 Å². The van der Waals surface area contributed by atoms with E-state index >= 15 is 0 Å². The van der Waals surface area contributed by atoms with Gasteiger partial charge in [-0.05, 0) is 0 Å². The van der Waals surface area contributed by atoms with Gasteiger partial charge in [0.15, 0.2) is 0 Å². The molecule has 0 aromatic heterocycles. The van der Waals surface area contributed by atoms with Crippen LogP contribution in [0.15, 0.2) is 42.5 Å². The van der Waals surface area contributed by atoms with Crippen molar-refractivity contribution in [3.63, 3.8) is 0 Å². The van der Waals surface area contributed by atoms with Crippen molar-refractivity contribution >= 4 is 33.8 Å². The smallest absolute Gasteiger partial charge is 1.00 e. The van der Waals surface area contributed by atoms with Crippen LogP contribution in [0.4, 0.5) is 0 Å². The summed E-state index contributed by atoms with van der Waals surface area (Å²) in [7, 11) is 0. The first kappa shape index (κ1) is 12.2. The molecular formula is C10H7IMg. The van der Waals surface area contributed by atoms with E-state index in [4.69, 9.17) is 0 Å². The average Bonchev–Trinajstić information content (AvgIpc) is 2.05. The van der Waals surface area contributed by atoms with E-state index in [1.54, 1.807) is 0 Å². The van der Waals surface area contributed by atoms with Gasteiger partial charge in [0.1, 0.15) is 0 Å². The van der Waals surface area contributed by atoms with Crippen LogP contribution in [0, 0.1) is 6.07 Å². The summed E-state index contributed by atoms with van der Waals surface area (Å²) in [5.74, 6) is 0. The molecule has 2 rings (SSSR count). The number of hydrogen-bond donors (Lipinski definition) is 0. The van der Waals surface area contributed by atoms with Crippen LogP contribution < -0.4 is 24.0 Å². The van der Waals surface area contributed by atoms with Crippen LogP contribution in [-0.2, 0) is 0 Å². The molecule has 0 bridgehead atoms. The van der Waals surface area contributed by atoms with Gasteiger partial charge in [-0.25, -0.2) is 0 Å². The van der Waals surface area contributed by atoms with Crippen LogP contribution in [0.25, 0.3) is 10.8 Å². The molecule has 0 fully saturated rings. The average molecular weight is 278 g/mol. The molecule has 0 saturated carbocycles. The summed E-state index contributed by atoms with van der Waals surface area (Å²) in [6, 6.07) is 17.3. The van der Waals surface area contributed by atoms with Crippen LogP contribution in [-0.4, -0.2) is 23.1 Å². The van der Waals surface area contributed by atoms with Crippen LogP contribution in [0.3, 0.4) is 0 Å². The summed E-state index contributed by atoms with van der Waals surface area (Å²) in [5, 5.41) is 2.53. The first-order chi connectivity index (χ1) is 4.97. The second kappa shape index (κ2) is 5.78. The van der Waals surface area contributed by atoms with Gasteiger partial charge in [-0.1, -0.05) is 18.2 Å². The maximum atomic E-state index is 3.04. The SMILES string of the molecule is [I-].[Mg+2].[c-]1ccc2ccccc2c1. The molecule has 0 atom stereocenters. The van der Waals surface area contributed by atoms with E-state index < -0.39 is 0 Å². The molecule has 2 aromatic carbocycles. The van der Waals surface area contributed by atoms with Crippen molar-refractivity contribution < 1.29 is 24.0 Å². The second-order valence-electron chi connectivity index (χ2n) is 2.27. The molecule has 56 valence electrons. The topological polar surface area (TPSA) is 0 Å². The minimum absolute atomic E-state index is 0. The summed E-state index contributed by atoms with van der Waals surface area (Å²) >= 11 is 0. The zero-order valence-electron chi connectivity index (χ0n) is 6.63. The molecule has 0 N–H and O–H groups in total. The van der Waals surface area contributed by atoms with Crippen molar-refractivity contribution in [1.29, 1.82) is 0 Å². The molecule has 0 aliphatic carbocycles. The Morgan fingerprint density at radius 2 is 1.58 bits per heavy atom. The van der Waals surface area contributed by atoms with Gasteiger partial charge in [-0.15, -0.1) is 16.8 Å². The first-order valence-electron chi connectivity index (χ1n) is 3.32. The fraction of sp³-hybridized carbons (Fsp3) is 0. The predicted molar refractivity (Wildman–Crippen MR) is 48.5 cm³/mol. The third-order valence-electron chi connectivity index (χ3n) is 1.59. The number of hydrogen-bond acceptors (Lipinski definition) is 0. The van der Waals surface area contributed by atoms with Gasteiger partial charge in [-0.2, -0.15) is 24.3 Å². The Morgan fingerprint density at radius 1 is 0.917 bits per heavy atom. The van der Waals surface area contributed by atoms with E-state index in [1.165, 1.54) is 10.8 Å². The van der Waals surface area contributed by atoms with Crippen molar-refractivity contribution in [3.8, 4) is 0 Å². The Balaban J connectivity index is 0.000000605. The summed E-state index contributed by atoms with van der Waals surface area (Å²) in [5.41, 5.74) is 0. The largest absolute Gasteiger partial charge is 2.00 e. The zero-order chi connectivity index (χ0) is 6.81. The standard InChI is InChI=1S/C10H7.HI.Mg/c1-2-6-10-8-4-3-7-9(10)5-1;;/h1-3,5-8H;1H;/q-1;;+2/p-1. The van der Waals surface area contributed by atoms with Crippen LogP contribution in [0.2, 0.25) is 0 Å². The van der Waals surface area contributed by atoms with Gasteiger partial charge < -0.3 is 24.0 Å². The molecule has 0 aliphatic rings. The van der Waals surface area contributed by atoms with E-state index in [2.05, 4.69) is 24.3 Å². The normalized spacial score (nSPS) is 8.33. The molecule has 0 amide bonds. The molecular weight excluding hydrogens is 271 g/mol. The van der Waals surface area contributed by atoms with Crippen molar-refractivity contribution in [1.82, 2.24) is 0 Å². The number of halogens is 1. The van der Waals surface area contributed by atoms with Gasteiger partial charge in [0, 0.05) is 0 Å². The molecule has 0 aliphatic heterocycles. The summed E-state index contributed by atoms with van der Waals surface area (Å²) in [6.45, 7) is 0. The molecule has 0 spiro atoms. The number of fused-ring (bicyclic) bond motifs is 1. The fourth-order valence-electron chi connectivity index (χ4n) is 1.07. The van der Waals surface area contributed by atoms with Crippen molar-refractivity contribution in [2.45, 2.75) is 0 Å². The maximum absolute atomic E-state index is 3.04. The molecule has 0 saturated heterocycles. The van der Waals surface area contributed by atoms with Gasteiger partial charge >= 0.3 is 23.1 Å². The third kappa shape index (κ3) is 2.60. The van der Waals surface area contributed by atoms with Crippen LogP contribution in [0.5, 0.6) is 0 Å². The van der Waals surface area contributed by atoms with Crippen molar-refractivity contribution in [2.24, 2.45) is 0 Å².